The van der Waals surface area contributed by atoms with E-state index in [2.05, 4.69) is 66.2 Å². The van der Waals surface area contributed by atoms with Crippen LogP contribution in [0.25, 0.3) is 10.8 Å². The summed E-state index contributed by atoms with van der Waals surface area (Å²) in [6.07, 6.45) is 0. The third-order valence-corrected chi connectivity index (χ3v) is 3.45. The predicted octanol–water partition coefficient (Wildman–Crippen LogP) is 4.26. The van der Waals surface area contributed by atoms with Gasteiger partial charge in [-0.3, -0.25) is 0 Å². The molecular weight excluding hydrogens is 262 g/mol. The van der Waals surface area contributed by atoms with Crippen LogP contribution in [-0.2, 0) is 0 Å². The molecule has 2 rings (SSSR count). The number of halogens is 1. The molecule has 0 amide bonds. The lowest BCUT2D eigenvalue weighted by Crippen LogP contribution is -2.16. The molecule has 2 N–H and O–H groups in total. The molecule has 2 heteroatoms. The van der Waals surface area contributed by atoms with E-state index in [4.69, 9.17) is 5.73 Å². The molecule has 0 aliphatic rings. The van der Waals surface area contributed by atoms with Crippen LogP contribution in [0.2, 0.25) is 0 Å². The lowest BCUT2D eigenvalue weighted by molar-refractivity contribution is 0.517. The first-order valence-electron chi connectivity index (χ1n) is 5.53. The third-order valence-electron chi connectivity index (χ3n) is 2.96. The molecule has 0 radical (unpaired) electrons. The van der Waals surface area contributed by atoms with E-state index in [-0.39, 0.29) is 6.04 Å². The van der Waals surface area contributed by atoms with Gasteiger partial charge in [0.05, 0.1) is 0 Å². The highest BCUT2D eigenvalue weighted by molar-refractivity contribution is 9.10. The van der Waals surface area contributed by atoms with Crippen LogP contribution in [0, 0.1) is 5.92 Å². The molecule has 0 aliphatic heterocycles. The number of fused-ring (bicyclic) bond motifs is 1. The highest BCUT2D eigenvalue weighted by Crippen LogP contribution is 2.29. The maximum absolute atomic E-state index is 6.24. The fraction of sp³-hybridized carbons (Fsp3) is 0.286. The Morgan fingerprint density at radius 3 is 2.56 bits per heavy atom. The first kappa shape index (κ1) is 11.6. The minimum absolute atomic E-state index is 0.0954. The van der Waals surface area contributed by atoms with E-state index in [0.717, 1.165) is 4.47 Å². The van der Waals surface area contributed by atoms with Crippen molar-refractivity contribution < 1.29 is 0 Å². The van der Waals surface area contributed by atoms with Crippen molar-refractivity contribution >= 4 is 26.7 Å². The zero-order valence-corrected chi connectivity index (χ0v) is 11.2. The Hall–Kier alpha value is -0.860. The summed E-state index contributed by atoms with van der Waals surface area (Å²) in [7, 11) is 0. The second-order valence-electron chi connectivity index (χ2n) is 4.48. The van der Waals surface area contributed by atoms with Crippen molar-refractivity contribution in [2.24, 2.45) is 11.7 Å². The second kappa shape index (κ2) is 4.56. The molecule has 2 aromatic carbocycles. The number of benzene rings is 2. The van der Waals surface area contributed by atoms with Crippen LogP contribution in [-0.4, -0.2) is 0 Å². The van der Waals surface area contributed by atoms with Gasteiger partial charge in [-0.15, -0.1) is 0 Å². The van der Waals surface area contributed by atoms with E-state index in [0.29, 0.717) is 5.92 Å². The first-order valence-corrected chi connectivity index (χ1v) is 6.32. The summed E-state index contributed by atoms with van der Waals surface area (Å²) >= 11 is 3.51. The Balaban J connectivity index is 2.65. The Morgan fingerprint density at radius 2 is 1.88 bits per heavy atom. The number of hydrogen-bond acceptors (Lipinski definition) is 1. The summed E-state index contributed by atoms with van der Waals surface area (Å²) in [6, 6.07) is 12.7. The smallest absolute Gasteiger partial charge is 0.0324 e. The molecule has 0 saturated carbocycles. The normalized spacial score (nSPS) is 13.3. The van der Waals surface area contributed by atoms with Gasteiger partial charge in [-0.2, -0.15) is 0 Å². The third kappa shape index (κ3) is 2.13. The zero-order valence-electron chi connectivity index (χ0n) is 9.57. The van der Waals surface area contributed by atoms with E-state index in [9.17, 15) is 0 Å². The molecular formula is C14H16BrN. The van der Waals surface area contributed by atoms with Gasteiger partial charge >= 0.3 is 0 Å². The Kier molecular flexibility index (Phi) is 3.31. The molecule has 1 nitrogen and oxygen atoms in total. The number of rotatable bonds is 2. The van der Waals surface area contributed by atoms with Gasteiger partial charge in [0.25, 0.3) is 0 Å². The van der Waals surface area contributed by atoms with Crippen LogP contribution in [0.4, 0.5) is 0 Å². The van der Waals surface area contributed by atoms with Crippen molar-refractivity contribution in [1.29, 1.82) is 0 Å². The van der Waals surface area contributed by atoms with Crippen LogP contribution < -0.4 is 5.73 Å². The Bertz CT molecular complexity index is 505. The van der Waals surface area contributed by atoms with Crippen molar-refractivity contribution in [3.63, 3.8) is 0 Å². The molecule has 0 heterocycles. The molecule has 2 aromatic rings. The molecule has 0 aliphatic carbocycles. The van der Waals surface area contributed by atoms with Crippen LogP contribution in [0.5, 0.6) is 0 Å². The van der Waals surface area contributed by atoms with E-state index in [1.165, 1.54) is 16.3 Å². The van der Waals surface area contributed by atoms with Crippen molar-refractivity contribution in [2.75, 3.05) is 0 Å². The molecule has 0 fully saturated rings. The van der Waals surface area contributed by atoms with Gasteiger partial charge in [0.15, 0.2) is 0 Å². The largest absolute Gasteiger partial charge is 0.324 e. The van der Waals surface area contributed by atoms with Gasteiger partial charge in [0, 0.05) is 10.5 Å². The van der Waals surface area contributed by atoms with Gasteiger partial charge in [0.2, 0.25) is 0 Å². The quantitative estimate of drug-likeness (QED) is 0.872. The van der Waals surface area contributed by atoms with Crippen LogP contribution in [0.15, 0.2) is 40.9 Å². The summed E-state index contributed by atoms with van der Waals surface area (Å²) < 4.78 is 1.10. The highest BCUT2D eigenvalue weighted by atomic mass is 79.9. The monoisotopic (exact) mass is 277 g/mol. The van der Waals surface area contributed by atoms with Crippen LogP contribution in [0.3, 0.4) is 0 Å². The maximum Gasteiger partial charge on any atom is 0.0324 e. The summed E-state index contributed by atoms with van der Waals surface area (Å²) in [6.45, 7) is 4.31. The van der Waals surface area contributed by atoms with Gasteiger partial charge in [0.1, 0.15) is 0 Å². The van der Waals surface area contributed by atoms with Gasteiger partial charge in [-0.25, -0.2) is 0 Å². The van der Waals surface area contributed by atoms with Crippen molar-refractivity contribution in [3.05, 3.63) is 46.4 Å². The molecule has 1 atom stereocenters. The zero-order chi connectivity index (χ0) is 11.7. The maximum atomic E-state index is 6.24. The van der Waals surface area contributed by atoms with Crippen molar-refractivity contribution in [1.82, 2.24) is 0 Å². The fourth-order valence-corrected chi connectivity index (χ4v) is 2.28. The average Bonchev–Trinajstić information content (AvgIpc) is 2.27. The summed E-state index contributed by atoms with van der Waals surface area (Å²) in [5, 5.41) is 2.50. The summed E-state index contributed by atoms with van der Waals surface area (Å²) in [5.41, 5.74) is 7.47. The SMILES string of the molecule is CC(C)C(N)c1cccc2ccc(Br)cc12. The summed E-state index contributed by atoms with van der Waals surface area (Å²) in [4.78, 5) is 0. The molecule has 84 valence electrons. The minimum atomic E-state index is 0.0954. The molecule has 0 spiro atoms. The highest BCUT2D eigenvalue weighted by Gasteiger charge is 2.13. The van der Waals surface area contributed by atoms with E-state index < -0.39 is 0 Å². The van der Waals surface area contributed by atoms with Gasteiger partial charge in [-0.05, 0) is 34.4 Å². The molecule has 1 unspecified atom stereocenters. The predicted molar refractivity (Wildman–Crippen MR) is 73.4 cm³/mol. The van der Waals surface area contributed by atoms with Crippen molar-refractivity contribution in [3.8, 4) is 0 Å². The number of hydrogen-bond donors (Lipinski definition) is 1. The number of nitrogens with two attached hydrogens (primary N) is 1. The molecule has 0 saturated heterocycles. The lowest BCUT2D eigenvalue weighted by Gasteiger charge is -2.18. The van der Waals surface area contributed by atoms with E-state index in [1.54, 1.807) is 0 Å². The van der Waals surface area contributed by atoms with Crippen LogP contribution >= 0.6 is 15.9 Å². The van der Waals surface area contributed by atoms with Gasteiger partial charge < -0.3 is 5.73 Å². The average molecular weight is 278 g/mol. The fourth-order valence-electron chi connectivity index (χ4n) is 1.92. The lowest BCUT2D eigenvalue weighted by atomic mass is 9.92. The van der Waals surface area contributed by atoms with Gasteiger partial charge in [-0.1, -0.05) is 54.0 Å². The molecule has 0 aromatic heterocycles. The van der Waals surface area contributed by atoms with E-state index in [1.807, 2.05) is 0 Å². The molecule has 0 bridgehead atoms. The first-order chi connectivity index (χ1) is 7.59. The van der Waals surface area contributed by atoms with Crippen molar-refractivity contribution in [2.45, 2.75) is 19.9 Å². The van der Waals surface area contributed by atoms with E-state index >= 15 is 0 Å². The molecule has 16 heavy (non-hydrogen) atoms. The Morgan fingerprint density at radius 1 is 1.12 bits per heavy atom. The topological polar surface area (TPSA) is 26.0 Å². The minimum Gasteiger partial charge on any atom is -0.324 e. The van der Waals surface area contributed by atoms with Crippen LogP contribution in [0.1, 0.15) is 25.5 Å². The Labute approximate surface area is 105 Å². The summed E-state index contributed by atoms with van der Waals surface area (Å²) in [5.74, 6) is 0.449. The standard InChI is InChI=1S/C14H16BrN/c1-9(2)14(16)12-5-3-4-10-6-7-11(15)8-13(10)12/h3-9,14H,16H2,1-2H3. The second-order valence-corrected chi connectivity index (χ2v) is 5.40.